The van der Waals surface area contributed by atoms with Gasteiger partial charge in [0, 0.05) is 19.6 Å². The maximum Gasteiger partial charge on any atom is 0.220 e. The Morgan fingerprint density at radius 1 is 1.25 bits per heavy atom. The van der Waals surface area contributed by atoms with Crippen LogP contribution in [0.5, 0.6) is 0 Å². The van der Waals surface area contributed by atoms with Gasteiger partial charge in [-0.1, -0.05) is 36.9 Å². The predicted molar refractivity (Wildman–Crippen MR) is 79.2 cm³/mol. The van der Waals surface area contributed by atoms with E-state index in [1.54, 1.807) is 0 Å². The number of carbonyl (C=O) groups excluding carboxylic acids is 1. The average molecular weight is 277 g/mol. The Balaban J connectivity index is 1.96. The zero-order valence-electron chi connectivity index (χ0n) is 11.8. The first-order chi connectivity index (χ1) is 9.72. The number of benzene rings is 1. The molecule has 20 heavy (non-hydrogen) atoms. The largest absolute Gasteiger partial charge is 0.392 e. The Bertz CT molecular complexity index is 403. The third-order valence-electron chi connectivity index (χ3n) is 2.81. The molecule has 4 nitrogen and oxygen atoms in total. The van der Waals surface area contributed by atoms with E-state index < -0.39 is 0 Å². The summed E-state index contributed by atoms with van der Waals surface area (Å²) in [5.74, 6) is -0.0114. The highest BCUT2D eigenvalue weighted by Gasteiger charge is 2.01. The van der Waals surface area contributed by atoms with Gasteiger partial charge >= 0.3 is 0 Å². The molecule has 0 fully saturated rings. The average Bonchev–Trinajstić information content (AvgIpc) is 2.49. The first-order valence-electron chi connectivity index (χ1n) is 6.88. The highest BCUT2D eigenvalue weighted by Crippen LogP contribution is 2.02. The van der Waals surface area contributed by atoms with E-state index in [-0.39, 0.29) is 12.5 Å². The summed E-state index contributed by atoms with van der Waals surface area (Å²) in [5, 5.41) is 11.5. The summed E-state index contributed by atoms with van der Waals surface area (Å²) < 4.78 is 5.54. The van der Waals surface area contributed by atoms with Gasteiger partial charge in [0.1, 0.15) is 0 Å². The third kappa shape index (κ3) is 7.71. The Labute approximate surface area is 120 Å². The van der Waals surface area contributed by atoms with Crippen LogP contribution in [0.15, 0.2) is 42.5 Å². The van der Waals surface area contributed by atoms with Gasteiger partial charge in [0.25, 0.3) is 0 Å². The second kappa shape index (κ2) is 10.2. The molecule has 1 rings (SSSR count). The lowest BCUT2D eigenvalue weighted by Crippen LogP contribution is -2.25. The molecule has 0 aliphatic rings. The summed E-state index contributed by atoms with van der Waals surface area (Å²) in [7, 11) is 0. The van der Waals surface area contributed by atoms with Crippen molar-refractivity contribution in [1.29, 1.82) is 0 Å². The predicted octanol–water partition coefficient (Wildman–Crippen LogP) is 2.04. The number of nitrogens with one attached hydrogen (secondary N) is 1. The smallest absolute Gasteiger partial charge is 0.220 e. The molecule has 4 heteroatoms. The monoisotopic (exact) mass is 277 g/mol. The SMILES string of the molecule is C=C(CO)CNC(=O)CCCCOCc1ccccc1. The van der Waals surface area contributed by atoms with Gasteiger partial charge in [0.2, 0.25) is 5.91 Å². The van der Waals surface area contributed by atoms with Crippen LogP contribution in [0.2, 0.25) is 0 Å². The molecular formula is C16H23NO3. The van der Waals surface area contributed by atoms with Crippen molar-refractivity contribution >= 4 is 5.91 Å². The van der Waals surface area contributed by atoms with Crippen LogP contribution in [-0.4, -0.2) is 30.8 Å². The summed E-state index contributed by atoms with van der Waals surface area (Å²) >= 11 is 0. The van der Waals surface area contributed by atoms with Crippen molar-refractivity contribution in [2.75, 3.05) is 19.8 Å². The lowest BCUT2D eigenvalue weighted by molar-refractivity contribution is -0.121. The van der Waals surface area contributed by atoms with Crippen molar-refractivity contribution < 1.29 is 14.6 Å². The van der Waals surface area contributed by atoms with Gasteiger partial charge in [-0.25, -0.2) is 0 Å². The van der Waals surface area contributed by atoms with Crippen LogP contribution in [-0.2, 0) is 16.1 Å². The highest BCUT2D eigenvalue weighted by molar-refractivity contribution is 5.76. The molecule has 2 N–H and O–H groups in total. The van der Waals surface area contributed by atoms with Crippen LogP contribution in [0.25, 0.3) is 0 Å². The van der Waals surface area contributed by atoms with Gasteiger partial charge in [0.05, 0.1) is 13.2 Å². The molecule has 1 aromatic rings. The number of hydrogen-bond acceptors (Lipinski definition) is 3. The van der Waals surface area contributed by atoms with Crippen LogP contribution >= 0.6 is 0 Å². The fourth-order valence-corrected chi connectivity index (χ4v) is 1.62. The quantitative estimate of drug-likeness (QED) is 0.508. The minimum atomic E-state index is -0.0897. The van der Waals surface area contributed by atoms with Crippen molar-refractivity contribution in [1.82, 2.24) is 5.32 Å². The first-order valence-corrected chi connectivity index (χ1v) is 6.88. The normalized spacial score (nSPS) is 10.2. The number of aliphatic hydroxyl groups excluding tert-OH is 1. The molecular weight excluding hydrogens is 254 g/mol. The standard InChI is InChI=1S/C16H23NO3/c1-14(12-18)11-17-16(19)9-5-6-10-20-13-15-7-3-2-4-8-15/h2-4,7-8,18H,1,5-6,9-13H2,(H,17,19). The summed E-state index contributed by atoms with van der Waals surface area (Å²) in [4.78, 5) is 11.4. The summed E-state index contributed by atoms with van der Waals surface area (Å²) in [6, 6.07) is 10.0. The highest BCUT2D eigenvalue weighted by atomic mass is 16.5. The maximum atomic E-state index is 11.4. The third-order valence-corrected chi connectivity index (χ3v) is 2.81. The van der Waals surface area contributed by atoms with Crippen molar-refractivity contribution in [2.24, 2.45) is 0 Å². The fraction of sp³-hybridized carbons (Fsp3) is 0.438. The van der Waals surface area contributed by atoms with Gasteiger partial charge in [-0.2, -0.15) is 0 Å². The summed E-state index contributed by atoms with van der Waals surface area (Å²) in [6.45, 7) is 5.14. The molecule has 110 valence electrons. The van der Waals surface area contributed by atoms with Crippen LogP contribution < -0.4 is 5.32 Å². The van der Waals surface area contributed by atoms with E-state index >= 15 is 0 Å². The summed E-state index contributed by atoms with van der Waals surface area (Å²) in [5.41, 5.74) is 1.78. The van der Waals surface area contributed by atoms with Crippen molar-refractivity contribution in [2.45, 2.75) is 25.9 Å². The van der Waals surface area contributed by atoms with Crippen LogP contribution in [0.3, 0.4) is 0 Å². The van der Waals surface area contributed by atoms with Gasteiger partial charge in [-0.05, 0) is 24.0 Å². The van der Waals surface area contributed by atoms with E-state index in [2.05, 4.69) is 11.9 Å². The van der Waals surface area contributed by atoms with Gasteiger partial charge in [-0.3, -0.25) is 4.79 Å². The molecule has 0 radical (unpaired) electrons. The Hall–Kier alpha value is -1.65. The maximum absolute atomic E-state index is 11.4. The minimum absolute atomic E-state index is 0.0114. The molecule has 1 aromatic carbocycles. The Morgan fingerprint density at radius 2 is 2.00 bits per heavy atom. The van der Waals surface area contributed by atoms with Crippen LogP contribution in [0.4, 0.5) is 0 Å². The molecule has 0 unspecified atom stereocenters. The fourth-order valence-electron chi connectivity index (χ4n) is 1.62. The van der Waals surface area contributed by atoms with Gasteiger partial charge < -0.3 is 15.2 Å². The van der Waals surface area contributed by atoms with E-state index in [4.69, 9.17) is 9.84 Å². The number of carbonyl (C=O) groups is 1. The zero-order chi connectivity index (χ0) is 14.6. The molecule has 0 saturated carbocycles. The lowest BCUT2D eigenvalue weighted by Gasteiger charge is -2.06. The minimum Gasteiger partial charge on any atom is -0.392 e. The number of ether oxygens (including phenoxy) is 1. The number of aliphatic hydroxyl groups is 1. The molecule has 0 spiro atoms. The van der Waals surface area contributed by atoms with Gasteiger partial charge in [0.15, 0.2) is 0 Å². The first kappa shape index (κ1) is 16.4. The zero-order valence-corrected chi connectivity index (χ0v) is 11.8. The van der Waals surface area contributed by atoms with E-state index in [1.165, 1.54) is 0 Å². The van der Waals surface area contributed by atoms with E-state index in [0.717, 1.165) is 18.4 Å². The van der Waals surface area contributed by atoms with Crippen molar-refractivity contribution in [3.8, 4) is 0 Å². The topological polar surface area (TPSA) is 58.6 Å². The lowest BCUT2D eigenvalue weighted by atomic mass is 10.2. The molecule has 0 aliphatic heterocycles. The number of hydrogen-bond donors (Lipinski definition) is 2. The Kier molecular flexibility index (Phi) is 8.35. The molecule has 1 amide bonds. The van der Waals surface area contributed by atoms with Gasteiger partial charge in [-0.15, -0.1) is 0 Å². The number of rotatable bonds is 10. The van der Waals surface area contributed by atoms with Crippen LogP contribution in [0, 0.1) is 0 Å². The van der Waals surface area contributed by atoms with Crippen molar-refractivity contribution in [3.05, 3.63) is 48.0 Å². The van der Waals surface area contributed by atoms with Crippen molar-refractivity contribution in [3.63, 3.8) is 0 Å². The van der Waals surface area contributed by atoms with E-state index in [0.29, 0.717) is 31.8 Å². The molecule has 0 saturated heterocycles. The molecule has 0 bridgehead atoms. The second-order valence-electron chi connectivity index (χ2n) is 4.68. The number of amides is 1. The molecule has 0 aromatic heterocycles. The molecule has 0 heterocycles. The number of unbranched alkanes of at least 4 members (excludes halogenated alkanes) is 1. The second-order valence-corrected chi connectivity index (χ2v) is 4.68. The molecule has 0 atom stereocenters. The summed E-state index contributed by atoms with van der Waals surface area (Å²) in [6.07, 6.45) is 2.14. The van der Waals surface area contributed by atoms with E-state index in [1.807, 2.05) is 30.3 Å². The Morgan fingerprint density at radius 3 is 2.70 bits per heavy atom. The van der Waals surface area contributed by atoms with Crippen LogP contribution in [0.1, 0.15) is 24.8 Å². The van der Waals surface area contributed by atoms with E-state index in [9.17, 15) is 4.79 Å². The molecule has 0 aliphatic carbocycles.